The highest BCUT2D eigenvalue weighted by atomic mass is 31.2. The van der Waals surface area contributed by atoms with Crippen LogP contribution in [0.15, 0.2) is 54.6 Å². The summed E-state index contributed by atoms with van der Waals surface area (Å²) in [5.41, 5.74) is 5.35. The standard InChI is InChI=1S/C38H49F2N8O8P/c1-46-18-15-37(16-19-46,24-6-4-3-5-7-24)45-34(51)28(11-13-32(41)49)43-35(52)31-12-9-26-14-17-47(2)22-30(36(53)48(26)31)44-33(50)29-21-23-20-25(8-10-27(23)42-29)38(39,40)56-57(54)55/h3-8,10,20-21,26,28,30-31,42,54-55H,9,11-19,22H2,1-2H3,(H2,41,49)(H,43,52)(H,44,50)(H,45,51)/t26-,28+,30+,31+/m1/s1. The molecule has 0 saturated carbocycles. The van der Waals surface area contributed by atoms with Crippen molar-refractivity contribution in [3.05, 3.63) is 71.4 Å². The van der Waals surface area contributed by atoms with Crippen LogP contribution in [-0.4, -0.2) is 123 Å². The minimum absolute atomic E-state index is 0.0241. The van der Waals surface area contributed by atoms with Crippen LogP contribution in [0.5, 0.6) is 0 Å². The molecule has 3 aromatic rings. The maximum atomic E-state index is 14.4. The minimum atomic E-state index is -4.00. The van der Waals surface area contributed by atoms with Gasteiger partial charge in [-0.3, -0.25) is 24.0 Å². The van der Waals surface area contributed by atoms with Crippen LogP contribution in [0.25, 0.3) is 10.9 Å². The monoisotopic (exact) mass is 814 g/mol. The molecule has 4 atom stereocenters. The minimum Gasteiger partial charge on any atom is -0.370 e. The Balaban J connectivity index is 1.19. The Morgan fingerprint density at radius 2 is 1.74 bits per heavy atom. The molecule has 308 valence electrons. The number of rotatable bonds is 13. The first kappa shape index (κ1) is 42.0. The van der Waals surface area contributed by atoms with E-state index in [0.717, 1.165) is 30.8 Å². The van der Waals surface area contributed by atoms with Gasteiger partial charge in [-0.1, -0.05) is 30.3 Å². The van der Waals surface area contributed by atoms with Crippen molar-refractivity contribution in [2.45, 2.75) is 80.8 Å². The number of benzene rings is 2. The first-order valence-electron chi connectivity index (χ1n) is 18.9. The van der Waals surface area contributed by atoms with Crippen molar-refractivity contribution in [3.63, 3.8) is 0 Å². The SMILES string of the molecule is CN1CCC(NC(=O)[C@H](CCC(N)=O)NC(=O)[C@@H]2CC[C@@H]3CCN(C)C[C@H](NC(=O)c4cc5cc(C(F)(F)OP(O)O)ccc5[nH]4)C(=O)N32)(c2ccccc2)CC1. The number of aromatic nitrogens is 1. The van der Waals surface area contributed by atoms with Gasteiger partial charge >= 0.3 is 14.7 Å². The van der Waals surface area contributed by atoms with Crippen molar-refractivity contribution < 1.29 is 47.1 Å². The molecule has 2 aromatic carbocycles. The summed E-state index contributed by atoms with van der Waals surface area (Å²) in [6, 6.07) is 10.8. The van der Waals surface area contributed by atoms with Crippen LogP contribution in [0.1, 0.15) is 66.6 Å². The number of amides is 5. The largest absolute Gasteiger partial charge is 0.389 e. The number of aromatic amines is 1. The summed E-state index contributed by atoms with van der Waals surface area (Å²) >= 11 is 0. The van der Waals surface area contributed by atoms with Gasteiger partial charge in [-0.25, -0.2) is 4.52 Å². The molecule has 4 heterocycles. The van der Waals surface area contributed by atoms with Gasteiger partial charge in [0.2, 0.25) is 23.6 Å². The van der Waals surface area contributed by atoms with E-state index in [1.165, 1.54) is 17.0 Å². The molecular weight excluding hydrogens is 765 g/mol. The van der Waals surface area contributed by atoms with Gasteiger partial charge in [0.15, 0.2) is 0 Å². The average molecular weight is 815 g/mol. The maximum Gasteiger partial charge on any atom is 0.389 e. The molecular formula is C38H49F2N8O8P. The molecule has 19 heteroatoms. The van der Waals surface area contributed by atoms with Gasteiger partial charge in [0.1, 0.15) is 23.8 Å². The van der Waals surface area contributed by atoms with E-state index in [0.29, 0.717) is 44.2 Å². The number of carbonyl (C=O) groups is 5. The van der Waals surface area contributed by atoms with Crippen LogP contribution < -0.4 is 21.7 Å². The number of fused-ring (bicyclic) bond motifs is 2. The molecule has 57 heavy (non-hydrogen) atoms. The van der Waals surface area contributed by atoms with E-state index in [2.05, 4.69) is 30.4 Å². The van der Waals surface area contributed by atoms with E-state index in [4.69, 9.17) is 15.5 Å². The summed E-state index contributed by atoms with van der Waals surface area (Å²) < 4.78 is 32.8. The quantitative estimate of drug-likeness (QED) is 0.124. The smallest absolute Gasteiger partial charge is 0.370 e. The number of piperidine rings is 1. The number of halogens is 2. The lowest BCUT2D eigenvalue weighted by molar-refractivity contribution is -0.189. The van der Waals surface area contributed by atoms with E-state index in [9.17, 15) is 32.8 Å². The molecule has 3 aliphatic rings. The van der Waals surface area contributed by atoms with Gasteiger partial charge in [-0.15, -0.1) is 0 Å². The fraction of sp³-hybridized carbons (Fsp3) is 0.500. The number of carbonyl (C=O) groups excluding carboxylic acids is 5. The highest BCUT2D eigenvalue weighted by Gasteiger charge is 2.46. The van der Waals surface area contributed by atoms with Crippen molar-refractivity contribution >= 4 is 49.0 Å². The number of primary amides is 1. The highest BCUT2D eigenvalue weighted by molar-refractivity contribution is 7.39. The second kappa shape index (κ2) is 17.5. The van der Waals surface area contributed by atoms with E-state index >= 15 is 0 Å². The number of alkyl halides is 2. The number of nitrogens with one attached hydrogen (secondary N) is 4. The van der Waals surface area contributed by atoms with Gasteiger partial charge in [-0.05, 0) is 89.0 Å². The summed E-state index contributed by atoms with van der Waals surface area (Å²) in [4.78, 5) is 94.5. The van der Waals surface area contributed by atoms with Crippen LogP contribution in [0, 0.1) is 0 Å². The van der Waals surface area contributed by atoms with Crippen LogP contribution in [0.3, 0.4) is 0 Å². The maximum absolute atomic E-state index is 14.4. The number of hydrogen-bond donors (Lipinski definition) is 7. The molecule has 6 rings (SSSR count). The summed E-state index contributed by atoms with van der Waals surface area (Å²) in [5.74, 6) is -2.85. The number of H-pyrrole nitrogens is 1. The summed E-state index contributed by atoms with van der Waals surface area (Å²) in [6.07, 6.45) is -1.57. The first-order chi connectivity index (χ1) is 27.0. The third-order valence-electron chi connectivity index (χ3n) is 11.2. The molecule has 0 spiro atoms. The Hall–Kier alpha value is -4.58. The zero-order valence-corrected chi connectivity index (χ0v) is 32.6. The van der Waals surface area contributed by atoms with Crippen LogP contribution >= 0.6 is 8.60 Å². The topological polar surface area (TPSA) is 223 Å². The van der Waals surface area contributed by atoms with E-state index in [1.807, 2.05) is 49.3 Å². The number of nitrogens with zero attached hydrogens (tertiary/aromatic N) is 3. The highest BCUT2D eigenvalue weighted by Crippen LogP contribution is 2.42. The number of likely N-dealkylation sites (tertiary alicyclic amines) is 1. The molecule has 0 aliphatic carbocycles. The molecule has 0 radical (unpaired) electrons. The van der Waals surface area contributed by atoms with Gasteiger partial charge in [0.25, 0.3) is 5.91 Å². The molecule has 0 bridgehead atoms. The van der Waals surface area contributed by atoms with Crippen LogP contribution in [-0.2, 0) is 35.3 Å². The lowest BCUT2D eigenvalue weighted by Gasteiger charge is -2.42. The molecule has 16 nitrogen and oxygen atoms in total. The summed E-state index contributed by atoms with van der Waals surface area (Å²) in [6.45, 7) is 2.13. The third-order valence-corrected chi connectivity index (χ3v) is 11.6. The van der Waals surface area contributed by atoms with E-state index in [1.54, 1.807) is 0 Å². The van der Waals surface area contributed by atoms with Crippen molar-refractivity contribution in [2.75, 3.05) is 40.3 Å². The molecule has 3 aliphatic heterocycles. The van der Waals surface area contributed by atoms with Gasteiger partial charge in [0.05, 0.1) is 11.1 Å². The summed E-state index contributed by atoms with van der Waals surface area (Å²) in [7, 11) is 0.479. The van der Waals surface area contributed by atoms with Gasteiger partial charge in [-0.2, -0.15) is 8.78 Å². The first-order valence-corrected chi connectivity index (χ1v) is 20.1. The molecule has 1 aromatic heterocycles. The number of hydrogen-bond acceptors (Lipinski definition) is 10. The Labute approximate surface area is 329 Å². The van der Waals surface area contributed by atoms with Crippen molar-refractivity contribution in [3.8, 4) is 0 Å². The van der Waals surface area contributed by atoms with Crippen LogP contribution in [0.4, 0.5) is 8.78 Å². The predicted octanol–water partition coefficient (Wildman–Crippen LogP) is 1.73. The normalized spacial score (nSPS) is 22.4. The van der Waals surface area contributed by atoms with Gasteiger partial charge < -0.3 is 51.2 Å². The van der Waals surface area contributed by atoms with Crippen LogP contribution in [0.2, 0.25) is 0 Å². The second-order valence-corrected chi connectivity index (χ2v) is 15.9. The van der Waals surface area contributed by atoms with Crippen molar-refractivity contribution in [2.24, 2.45) is 5.73 Å². The average Bonchev–Trinajstić information content (AvgIpc) is 3.80. The zero-order valence-electron chi connectivity index (χ0n) is 31.7. The fourth-order valence-electron chi connectivity index (χ4n) is 8.11. The molecule has 0 unspecified atom stereocenters. The molecule has 3 saturated heterocycles. The van der Waals surface area contributed by atoms with Crippen molar-refractivity contribution in [1.29, 1.82) is 0 Å². The Morgan fingerprint density at radius 1 is 1.02 bits per heavy atom. The van der Waals surface area contributed by atoms with E-state index < -0.39 is 73.5 Å². The number of likely N-dealkylation sites (N-methyl/N-ethyl adjacent to an activating group) is 1. The Kier molecular flexibility index (Phi) is 12.9. The molecule has 8 N–H and O–H groups in total. The summed E-state index contributed by atoms with van der Waals surface area (Å²) in [5, 5.41) is 9.03. The van der Waals surface area contributed by atoms with Gasteiger partial charge in [0, 0.05) is 43.0 Å². The Morgan fingerprint density at radius 3 is 2.42 bits per heavy atom. The molecule has 3 fully saturated rings. The lowest BCUT2D eigenvalue weighted by atomic mass is 9.80. The zero-order chi connectivity index (χ0) is 41.1. The van der Waals surface area contributed by atoms with E-state index in [-0.39, 0.29) is 36.5 Å². The molecule has 5 amide bonds. The lowest BCUT2D eigenvalue weighted by Crippen LogP contribution is -2.62. The van der Waals surface area contributed by atoms with Crippen molar-refractivity contribution in [1.82, 2.24) is 35.6 Å². The number of nitrogens with two attached hydrogens (primary N) is 1. The third kappa shape index (κ3) is 9.76. The fourth-order valence-corrected chi connectivity index (χ4v) is 8.42. The second-order valence-electron chi connectivity index (χ2n) is 15.2. The predicted molar refractivity (Wildman–Crippen MR) is 205 cm³/mol. The Bertz CT molecular complexity index is 1960.